The molecule has 0 unspecified atom stereocenters. The minimum absolute atomic E-state index is 0.505. The average molecular weight is 228 g/mol. The van der Waals surface area contributed by atoms with E-state index in [9.17, 15) is 0 Å². The molecule has 0 bridgehead atoms. The van der Waals surface area contributed by atoms with Gasteiger partial charge < -0.3 is 9.73 Å². The topological polar surface area (TPSA) is 55.9 Å². The quantitative estimate of drug-likeness (QED) is 0.731. The standard InChI is InChI=1S/C12H12N4O/c1-8-10-11(14-12(13-2)17-10)16(15-8)9-6-4-3-5-7-9/h3-7H,1-2H3,(H,13,14). The number of nitrogens with zero attached hydrogens (tertiary/aromatic N) is 3. The molecule has 86 valence electrons. The molecule has 0 radical (unpaired) electrons. The molecule has 3 rings (SSSR count). The molecule has 1 N–H and O–H groups in total. The number of aromatic nitrogens is 3. The van der Waals surface area contributed by atoms with Crippen LogP contribution in [0.3, 0.4) is 0 Å². The molecule has 0 saturated heterocycles. The monoisotopic (exact) mass is 228 g/mol. The van der Waals surface area contributed by atoms with Crippen LogP contribution in [0.15, 0.2) is 34.7 Å². The number of hydrogen-bond donors (Lipinski definition) is 1. The third-order valence-electron chi connectivity index (χ3n) is 2.60. The minimum atomic E-state index is 0.505. The van der Waals surface area contributed by atoms with Gasteiger partial charge in [-0.1, -0.05) is 18.2 Å². The van der Waals surface area contributed by atoms with Crippen LogP contribution in [0.5, 0.6) is 0 Å². The molecule has 1 aromatic carbocycles. The van der Waals surface area contributed by atoms with Gasteiger partial charge in [0.2, 0.25) is 5.65 Å². The molecule has 3 aromatic rings. The molecule has 0 aliphatic carbocycles. The molecule has 0 atom stereocenters. The van der Waals surface area contributed by atoms with Crippen molar-refractivity contribution in [2.45, 2.75) is 6.92 Å². The van der Waals surface area contributed by atoms with Crippen molar-refractivity contribution < 1.29 is 4.42 Å². The van der Waals surface area contributed by atoms with E-state index in [-0.39, 0.29) is 0 Å². The van der Waals surface area contributed by atoms with Crippen molar-refractivity contribution in [3.05, 3.63) is 36.0 Å². The Balaban J connectivity index is 2.26. The lowest BCUT2D eigenvalue weighted by Crippen LogP contribution is -1.97. The first-order valence-electron chi connectivity index (χ1n) is 5.39. The maximum Gasteiger partial charge on any atom is 0.297 e. The van der Waals surface area contributed by atoms with Gasteiger partial charge >= 0.3 is 0 Å². The van der Waals surface area contributed by atoms with E-state index in [1.165, 1.54) is 0 Å². The first-order chi connectivity index (χ1) is 8.29. The summed E-state index contributed by atoms with van der Waals surface area (Å²) in [6, 6.07) is 10.4. The number of nitrogens with one attached hydrogen (secondary N) is 1. The van der Waals surface area contributed by atoms with Gasteiger partial charge in [-0.05, 0) is 19.1 Å². The van der Waals surface area contributed by atoms with Crippen LogP contribution in [0.1, 0.15) is 5.69 Å². The Labute approximate surface area is 98.1 Å². The zero-order valence-electron chi connectivity index (χ0n) is 9.64. The van der Waals surface area contributed by atoms with Crippen LogP contribution in [0, 0.1) is 6.92 Å². The average Bonchev–Trinajstić information content (AvgIpc) is 2.91. The Bertz CT molecular complexity index is 654. The fraction of sp³-hybridized carbons (Fsp3) is 0.167. The zero-order valence-corrected chi connectivity index (χ0v) is 9.64. The van der Waals surface area contributed by atoms with E-state index in [1.807, 2.05) is 37.3 Å². The SMILES string of the molecule is CNc1nc2c(o1)c(C)nn2-c1ccccc1. The van der Waals surface area contributed by atoms with Crippen molar-refractivity contribution in [3.63, 3.8) is 0 Å². The number of rotatable bonds is 2. The third kappa shape index (κ3) is 1.47. The Morgan fingerprint density at radius 1 is 1.24 bits per heavy atom. The maximum atomic E-state index is 5.54. The van der Waals surface area contributed by atoms with E-state index in [0.29, 0.717) is 6.01 Å². The normalized spacial score (nSPS) is 10.9. The minimum Gasteiger partial charge on any atom is -0.420 e. The third-order valence-corrected chi connectivity index (χ3v) is 2.60. The van der Waals surface area contributed by atoms with Gasteiger partial charge in [0.05, 0.1) is 5.69 Å². The largest absolute Gasteiger partial charge is 0.420 e. The molecule has 5 heteroatoms. The lowest BCUT2D eigenvalue weighted by atomic mass is 10.3. The summed E-state index contributed by atoms with van der Waals surface area (Å²) in [6.07, 6.45) is 0. The molecule has 0 spiro atoms. The number of benzene rings is 1. The van der Waals surface area contributed by atoms with Gasteiger partial charge in [-0.3, -0.25) is 0 Å². The molecule has 2 heterocycles. The van der Waals surface area contributed by atoms with Gasteiger partial charge in [0.15, 0.2) is 5.58 Å². The molecule has 2 aromatic heterocycles. The van der Waals surface area contributed by atoms with Gasteiger partial charge in [-0.25, -0.2) is 4.68 Å². The van der Waals surface area contributed by atoms with Crippen LogP contribution in [-0.2, 0) is 0 Å². The molecular formula is C12H12N4O. The summed E-state index contributed by atoms with van der Waals surface area (Å²) in [5.74, 6) is 0. The van der Waals surface area contributed by atoms with Crippen LogP contribution in [-0.4, -0.2) is 21.8 Å². The molecule has 17 heavy (non-hydrogen) atoms. The molecule has 5 nitrogen and oxygen atoms in total. The van der Waals surface area contributed by atoms with Crippen LogP contribution in [0.25, 0.3) is 16.9 Å². The summed E-state index contributed by atoms with van der Waals surface area (Å²) in [4.78, 5) is 4.35. The number of aryl methyl sites for hydroxylation is 1. The number of fused-ring (bicyclic) bond motifs is 1. The Morgan fingerprint density at radius 3 is 2.71 bits per heavy atom. The summed E-state index contributed by atoms with van der Waals surface area (Å²) in [6.45, 7) is 1.91. The van der Waals surface area contributed by atoms with Crippen molar-refractivity contribution in [2.75, 3.05) is 12.4 Å². The first kappa shape index (κ1) is 9.89. The van der Waals surface area contributed by atoms with Crippen molar-refractivity contribution in [1.82, 2.24) is 14.8 Å². The van der Waals surface area contributed by atoms with E-state index >= 15 is 0 Å². The van der Waals surface area contributed by atoms with E-state index in [4.69, 9.17) is 4.42 Å². The smallest absolute Gasteiger partial charge is 0.297 e. The van der Waals surface area contributed by atoms with Gasteiger partial charge in [0.1, 0.15) is 5.69 Å². The summed E-state index contributed by atoms with van der Waals surface area (Å²) in [7, 11) is 1.78. The molecule has 0 fully saturated rings. The molecule has 0 saturated carbocycles. The van der Waals surface area contributed by atoms with Crippen LogP contribution in [0.4, 0.5) is 6.01 Å². The number of para-hydroxylation sites is 1. The van der Waals surface area contributed by atoms with Crippen LogP contribution < -0.4 is 5.32 Å². The Kier molecular flexibility index (Phi) is 2.11. The predicted molar refractivity (Wildman–Crippen MR) is 65.4 cm³/mol. The highest BCUT2D eigenvalue weighted by Gasteiger charge is 2.15. The number of oxazole rings is 1. The lowest BCUT2D eigenvalue weighted by molar-refractivity contribution is 0.615. The molecule has 0 aliphatic rings. The summed E-state index contributed by atoms with van der Waals surface area (Å²) in [5.41, 5.74) is 3.26. The fourth-order valence-corrected chi connectivity index (χ4v) is 1.79. The number of hydrogen-bond acceptors (Lipinski definition) is 4. The highest BCUT2D eigenvalue weighted by Crippen LogP contribution is 2.24. The van der Waals surface area contributed by atoms with Crippen LogP contribution >= 0.6 is 0 Å². The predicted octanol–water partition coefficient (Wildman–Crippen LogP) is 2.36. The van der Waals surface area contributed by atoms with E-state index in [1.54, 1.807) is 11.7 Å². The summed E-state index contributed by atoms with van der Waals surface area (Å²) < 4.78 is 7.33. The molecule has 0 aliphatic heterocycles. The van der Waals surface area contributed by atoms with Gasteiger partial charge in [-0.15, -0.1) is 0 Å². The second kappa shape index (κ2) is 3.62. The highest BCUT2D eigenvalue weighted by molar-refractivity contribution is 5.75. The van der Waals surface area contributed by atoms with E-state index in [0.717, 1.165) is 22.6 Å². The summed E-state index contributed by atoms with van der Waals surface area (Å²) in [5, 5.41) is 7.32. The van der Waals surface area contributed by atoms with Gasteiger partial charge in [0, 0.05) is 7.05 Å². The van der Waals surface area contributed by atoms with Gasteiger partial charge in [0.25, 0.3) is 6.01 Å². The van der Waals surface area contributed by atoms with Crippen molar-refractivity contribution in [2.24, 2.45) is 0 Å². The molecule has 0 amide bonds. The molecular weight excluding hydrogens is 216 g/mol. The number of anilines is 1. The Hall–Kier alpha value is -2.30. The van der Waals surface area contributed by atoms with Crippen LogP contribution in [0.2, 0.25) is 0 Å². The lowest BCUT2D eigenvalue weighted by Gasteiger charge is -1.99. The van der Waals surface area contributed by atoms with Gasteiger partial charge in [-0.2, -0.15) is 10.1 Å². The van der Waals surface area contributed by atoms with Crippen molar-refractivity contribution >= 4 is 17.2 Å². The van der Waals surface area contributed by atoms with Crippen molar-refractivity contribution in [3.8, 4) is 5.69 Å². The second-order valence-corrected chi connectivity index (χ2v) is 3.75. The van der Waals surface area contributed by atoms with E-state index < -0.39 is 0 Å². The van der Waals surface area contributed by atoms with E-state index in [2.05, 4.69) is 15.4 Å². The maximum absolute atomic E-state index is 5.54. The first-order valence-corrected chi connectivity index (χ1v) is 5.39. The second-order valence-electron chi connectivity index (χ2n) is 3.75. The Morgan fingerprint density at radius 2 is 2.00 bits per heavy atom. The summed E-state index contributed by atoms with van der Waals surface area (Å²) >= 11 is 0. The fourth-order valence-electron chi connectivity index (χ4n) is 1.79. The zero-order chi connectivity index (χ0) is 11.8. The highest BCUT2D eigenvalue weighted by atomic mass is 16.4. The van der Waals surface area contributed by atoms with Crippen molar-refractivity contribution in [1.29, 1.82) is 0 Å².